The van der Waals surface area contributed by atoms with Gasteiger partial charge in [-0.3, -0.25) is 4.79 Å². The van der Waals surface area contributed by atoms with E-state index in [4.69, 9.17) is 4.98 Å². The molecule has 5 aromatic rings. The van der Waals surface area contributed by atoms with Crippen LogP contribution in [0.3, 0.4) is 0 Å². The van der Waals surface area contributed by atoms with Crippen LogP contribution in [0.1, 0.15) is 68.8 Å². The molecule has 218 valence electrons. The van der Waals surface area contributed by atoms with Gasteiger partial charge in [0.2, 0.25) is 5.91 Å². The highest BCUT2D eigenvalue weighted by molar-refractivity contribution is 5.94. The maximum atomic E-state index is 12.6. The summed E-state index contributed by atoms with van der Waals surface area (Å²) in [5.74, 6) is 1.13. The van der Waals surface area contributed by atoms with Crippen molar-refractivity contribution >= 4 is 33.4 Å². The number of carbonyl (C=O) groups excluding carboxylic acids is 1. The molecule has 6 rings (SSSR count). The molecule has 0 bridgehead atoms. The average Bonchev–Trinajstić information content (AvgIpc) is 3.39. The molecule has 0 aliphatic heterocycles. The first-order chi connectivity index (χ1) is 21.1. The second-order valence-corrected chi connectivity index (χ2v) is 11.7. The van der Waals surface area contributed by atoms with Crippen molar-refractivity contribution in [2.45, 2.75) is 70.9 Å². The number of nitrogens with zero attached hydrogens (tertiary/aromatic N) is 3. The Bertz CT molecular complexity index is 1770. The summed E-state index contributed by atoms with van der Waals surface area (Å²) in [6.07, 6.45) is 8.94. The first-order valence-electron chi connectivity index (χ1n) is 15.7. The van der Waals surface area contributed by atoms with E-state index in [9.17, 15) is 10.1 Å². The number of aromatic nitrogens is 2. The van der Waals surface area contributed by atoms with E-state index < -0.39 is 0 Å². The lowest BCUT2D eigenvalue weighted by Crippen LogP contribution is -2.39. The van der Waals surface area contributed by atoms with E-state index in [1.165, 1.54) is 24.8 Å². The third-order valence-electron chi connectivity index (χ3n) is 8.65. The largest absolute Gasteiger partial charge is 0.376 e. The molecule has 1 fully saturated rings. The van der Waals surface area contributed by atoms with E-state index >= 15 is 0 Å². The summed E-state index contributed by atoms with van der Waals surface area (Å²) in [6, 6.07) is 29.6. The number of fused-ring (bicyclic) bond motifs is 2. The van der Waals surface area contributed by atoms with Crippen molar-refractivity contribution in [1.29, 1.82) is 5.26 Å². The zero-order valence-electron chi connectivity index (χ0n) is 24.9. The standard InChI is InChI=1S/C37H39N5O/c1-2-3-13-36-41-34-21-19-30(39-24-37(43)40-29-10-5-4-6-11-29)22-35(34)42(36)25-26-14-16-28(17-15-26)32-20-18-27-9-7-8-12-31(27)33(32)23-38/h7-9,12,14-22,29,39H,2-6,10-11,13,24-25H2,1H3,(H,40,43). The van der Waals surface area contributed by atoms with Crippen LogP contribution < -0.4 is 10.6 Å². The zero-order chi connectivity index (χ0) is 29.6. The normalized spacial score (nSPS) is 13.7. The Hall–Kier alpha value is -4.63. The van der Waals surface area contributed by atoms with E-state index in [1.54, 1.807) is 0 Å². The molecule has 0 spiro atoms. The van der Waals surface area contributed by atoms with Crippen LogP contribution in [-0.4, -0.2) is 28.0 Å². The predicted molar refractivity (Wildman–Crippen MR) is 175 cm³/mol. The predicted octanol–water partition coefficient (Wildman–Crippen LogP) is 7.98. The van der Waals surface area contributed by atoms with Gasteiger partial charge < -0.3 is 15.2 Å². The molecular formula is C37H39N5O. The number of imidazole rings is 1. The fourth-order valence-corrected chi connectivity index (χ4v) is 6.30. The van der Waals surface area contributed by atoms with Crippen molar-refractivity contribution in [2.75, 3.05) is 11.9 Å². The minimum atomic E-state index is 0.0511. The summed E-state index contributed by atoms with van der Waals surface area (Å²) in [5.41, 5.74) is 6.82. The van der Waals surface area contributed by atoms with Gasteiger partial charge in [-0.05, 0) is 54.0 Å². The summed E-state index contributed by atoms with van der Waals surface area (Å²) in [5, 5.41) is 18.6. The highest BCUT2D eigenvalue weighted by Gasteiger charge is 2.16. The zero-order valence-corrected chi connectivity index (χ0v) is 24.9. The Balaban J connectivity index is 1.23. The number of benzene rings is 4. The summed E-state index contributed by atoms with van der Waals surface area (Å²) < 4.78 is 2.31. The molecule has 1 heterocycles. The number of nitriles is 1. The van der Waals surface area contributed by atoms with Gasteiger partial charge in [0.25, 0.3) is 0 Å². The minimum Gasteiger partial charge on any atom is -0.376 e. The summed E-state index contributed by atoms with van der Waals surface area (Å²) in [7, 11) is 0. The van der Waals surface area contributed by atoms with Crippen LogP contribution in [0.4, 0.5) is 5.69 Å². The quantitative estimate of drug-likeness (QED) is 0.179. The number of anilines is 1. The first kappa shape index (κ1) is 28.5. The Morgan fingerprint density at radius 1 is 1.00 bits per heavy atom. The molecule has 2 N–H and O–H groups in total. The van der Waals surface area contributed by atoms with Crippen molar-refractivity contribution in [3.63, 3.8) is 0 Å². The van der Waals surface area contributed by atoms with Gasteiger partial charge >= 0.3 is 0 Å². The second-order valence-electron chi connectivity index (χ2n) is 11.7. The molecule has 0 atom stereocenters. The lowest BCUT2D eigenvalue weighted by atomic mass is 9.94. The van der Waals surface area contributed by atoms with E-state index in [1.807, 2.05) is 36.4 Å². The Kier molecular flexibility index (Phi) is 8.70. The Morgan fingerprint density at radius 2 is 1.81 bits per heavy atom. The fourth-order valence-electron chi connectivity index (χ4n) is 6.30. The van der Waals surface area contributed by atoms with Crippen LogP contribution in [0.5, 0.6) is 0 Å². The van der Waals surface area contributed by atoms with Crippen LogP contribution in [0.15, 0.2) is 78.9 Å². The van der Waals surface area contributed by atoms with Gasteiger partial charge in [-0.1, -0.05) is 93.3 Å². The van der Waals surface area contributed by atoms with E-state index in [0.29, 0.717) is 18.2 Å². The third kappa shape index (κ3) is 6.41. The number of nitrogens with one attached hydrogen (secondary N) is 2. The van der Waals surface area contributed by atoms with Crippen LogP contribution >= 0.6 is 0 Å². The van der Waals surface area contributed by atoms with Crippen LogP contribution in [0.2, 0.25) is 0 Å². The van der Waals surface area contributed by atoms with Crippen molar-refractivity contribution < 1.29 is 4.79 Å². The molecule has 1 aliphatic rings. The van der Waals surface area contributed by atoms with Crippen molar-refractivity contribution in [1.82, 2.24) is 14.9 Å². The number of hydrogen-bond donors (Lipinski definition) is 2. The fraction of sp³-hybridized carbons (Fsp3) is 0.324. The maximum absolute atomic E-state index is 12.6. The lowest BCUT2D eigenvalue weighted by Gasteiger charge is -2.22. The van der Waals surface area contributed by atoms with Crippen molar-refractivity contribution in [2.24, 2.45) is 0 Å². The molecule has 1 saturated carbocycles. The van der Waals surface area contributed by atoms with Crippen molar-refractivity contribution in [3.05, 3.63) is 95.8 Å². The van der Waals surface area contributed by atoms with Crippen LogP contribution in [0, 0.1) is 11.3 Å². The SMILES string of the molecule is CCCCc1nc2ccc(NCC(=O)NC3CCCCC3)cc2n1Cc1ccc(-c2ccc3ccccc3c2C#N)cc1. The molecule has 6 heteroatoms. The van der Waals surface area contributed by atoms with Gasteiger partial charge in [0.15, 0.2) is 0 Å². The van der Waals surface area contributed by atoms with Crippen LogP contribution in [-0.2, 0) is 17.8 Å². The van der Waals surface area contributed by atoms with Gasteiger partial charge in [-0.15, -0.1) is 0 Å². The molecule has 1 aromatic heterocycles. The van der Waals surface area contributed by atoms with Crippen LogP contribution in [0.25, 0.3) is 32.9 Å². The lowest BCUT2D eigenvalue weighted by molar-refractivity contribution is -0.120. The molecule has 43 heavy (non-hydrogen) atoms. The third-order valence-corrected chi connectivity index (χ3v) is 8.65. The molecule has 4 aromatic carbocycles. The Labute approximate surface area is 253 Å². The first-order valence-corrected chi connectivity index (χ1v) is 15.7. The molecule has 1 amide bonds. The monoisotopic (exact) mass is 569 g/mol. The van der Waals surface area contributed by atoms with Crippen molar-refractivity contribution in [3.8, 4) is 17.2 Å². The van der Waals surface area contributed by atoms with E-state index in [2.05, 4.69) is 70.7 Å². The molecule has 0 radical (unpaired) electrons. The highest BCUT2D eigenvalue weighted by atomic mass is 16.2. The van der Waals surface area contributed by atoms with Gasteiger partial charge in [-0.25, -0.2) is 4.98 Å². The molecular weight excluding hydrogens is 530 g/mol. The topological polar surface area (TPSA) is 82.7 Å². The Morgan fingerprint density at radius 3 is 2.60 bits per heavy atom. The average molecular weight is 570 g/mol. The smallest absolute Gasteiger partial charge is 0.239 e. The summed E-state index contributed by atoms with van der Waals surface area (Å²) >= 11 is 0. The number of carbonyl (C=O) groups is 1. The number of aryl methyl sites for hydroxylation is 1. The molecule has 6 nitrogen and oxygen atoms in total. The van der Waals surface area contributed by atoms with Gasteiger partial charge in [0.1, 0.15) is 11.9 Å². The number of rotatable bonds is 10. The summed E-state index contributed by atoms with van der Waals surface area (Å²) in [4.78, 5) is 17.6. The number of unbranched alkanes of at least 4 members (excludes halogenated alkanes) is 1. The molecule has 0 saturated heterocycles. The maximum Gasteiger partial charge on any atom is 0.239 e. The second kappa shape index (κ2) is 13.1. The summed E-state index contributed by atoms with van der Waals surface area (Å²) in [6.45, 7) is 3.17. The number of hydrogen-bond acceptors (Lipinski definition) is 4. The molecule has 1 aliphatic carbocycles. The van der Waals surface area contributed by atoms with E-state index in [0.717, 1.165) is 76.5 Å². The minimum absolute atomic E-state index is 0.0511. The van der Waals surface area contributed by atoms with Gasteiger partial charge in [-0.2, -0.15) is 5.26 Å². The van der Waals surface area contributed by atoms with E-state index in [-0.39, 0.29) is 12.5 Å². The highest BCUT2D eigenvalue weighted by Crippen LogP contribution is 2.31. The van der Waals surface area contributed by atoms with Gasteiger partial charge in [0, 0.05) is 35.6 Å². The number of amides is 1. The molecule has 0 unspecified atom stereocenters. The van der Waals surface area contributed by atoms with Gasteiger partial charge in [0.05, 0.1) is 23.1 Å².